The van der Waals surface area contributed by atoms with Gasteiger partial charge in [-0.05, 0) is 39.0 Å². The molecule has 0 aliphatic heterocycles. The summed E-state index contributed by atoms with van der Waals surface area (Å²) in [5.41, 5.74) is 1.45. The van der Waals surface area contributed by atoms with Crippen LogP contribution < -0.4 is 9.47 Å². The van der Waals surface area contributed by atoms with Crippen LogP contribution in [0.25, 0.3) is 0 Å². The van der Waals surface area contributed by atoms with Crippen LogP contribution in [0, 0.1) is 13.8 Å². The van der Waals surface area contributed by atoms with E-state index in [4.69, 9.17) is 18.9 Å². The van der Waals surface area contributed by atoms with E-state index in [0.717, 1.165) is 0 Å². The summed E-state index contributed by atoms with van der Waals surface area (Å²) in [6.07, 6.45) is 0. The number of Topliss-reactive ketones (excluding diaryl/α,β-unsaturated/α-hetero) is 1. The van der Waals surface area contributed by atoms with E-state index in [1.165, 1.54) is 20.3 Å². The Labute approximate surface area is 162 Å². The van der Waals surface area contributed by atoms with Crippen LogP contribution in [0.5, 0.6) is 11.5 Å². The van der Waals surface area contributed by atoms with E-state index < -0.39 is 24.3 Å². The molecule has 8 nitrogen and oxygen atoms in total. The lowest BCUT2D eigenvalue weighted by atomic mass is 10.1. The zero-order valence-corrected chi connectivity index (χ0v) is 16.5. The van der Waals surface area contributed by atoms with Crippen LogP contribution in [0.15, 0.2) is 18.2 Å². The first kappa shape index (κ1) is 21.0. The second kappa shape index (κ2) is 9.07. The van der Waals surface area contributed by atoms with Crippen molar-refractivity contribution in [3.8, 4) is 11.5 Å². The smallest absolute Gasteiger partial charge is 0.342 e. The van der Waals surface area contributed by atoms with Gasteiger partial charge in [-0.2, -0.15) is 0 Å². The number of hydrogen-bond donors (Lipinski definition) is 1. The summed E-state index contributed by atoms with van der Waals surface area (Å²) in [7, 11) is 2.88. The van der Waals surface area contributed by atoms with Gasteiger partial charge >= 0.3 is 11.9 Å². The molecule has 150 valence electrons. The highest BCUT2D eigenvalue weighted by Gasteiger charge is 2.26. The van der Waals surface area contributed by atoms with Crippen LogP contribution in [0.1, 0.15) is 49.4 Å². The first-order valence-electron chi connectivity index (χ1n) is 8.62. The molecule has 0 amide bonds. The first-order chi connectivity index (χ1) is 13.3. The second-order valence-electron chi connectivity index (χ2n) is 5.91. The van der Waals surface area contributed by atoms with Gasteiger partial charge in [0.05, 0.1) is 32.0 Å². The third-order valence-electron chi connectivity index (χ3n) is 4.09. The number of ether oxygens (including phenoxy) is 4. The van der Waals surface area contributed by atoms with Gasteiger partial charge in [0.25, 0.3) is 0 Å². The summed E-state index contributed by atoms with van der Waals surface area (Å²) < 4.78 is 20.4. The summed E-state index contributed by atoms with van der Waals surface area (Å²) in [5, 5.41) is 0. The van der Waals surface area contributed by atoms with E-state index in [0.29, 0.717) is 22.9 Å². The summed E-state index contributed by atoms with van der Waals surface area (Å²) in [5.74, 6) is -1.12. The quantitative estimate of drug-likeness (QED) is 0.547. The van der Waals surface area contributed by atoms with Crippen molar-refractivity contribution in [1.29, 1.82) is 0 Å². The maximum absolute atomic E-state index is 12.7. The third kappa shape index (κ3) is 4.33. The molecular weight excluding hydrogens is 366 g/mol. The molecule has 1 aromatic carbocycles. The van der Waals surface area contributed by atoms with Crippen molar-refractivity contribution in [2.45, 2.75) is 20.8 Å². The van der Waals surface area contributed by atoms with Gasteiger partial charge in [-0.25, -0.2) is 9.59 Å². The molecule has 0 aliphatic rings. The molecule has 0 spiro atoms. The van der Waals surface area contributed by atoms with Crippen LogP contribution in [-0.4, -0.2) is 50.1 Å². The molecule has 0 saturated heterocycles. The maximum atomic E-state index is 12.7. The molecule has 0 atom stereocenters. The minimum Gasteiger partial charge on any atom is -0.497 e. The van der Waals surface area contributed by atoms with Gasteiger partial charge in [0.1, 0.15) is 17.1 Å². The first-order valence-corrected chi connectivity index (χ1v) is 8.62. The molecule has 0 saturated carbocycles. The fourth-order valence-corrected chi connectivity index (χ4v) is 2.84. The second-order valence-corrected chi connectivity index (χ2v) is 5.91. The van der Waals surface area contributed by atoms with E-state index in [9.17, 15) is 14.4 Å². The summed E-state index contributed by atoms with van der Waals surface area (Å²) in [6.45, 7) is 4.65. The zero-order chi connectivity index (χ0) is 20.8. The fraction of sp³-hybridized carbons (Fsp3) is 0.350. The predicted octanol–water partition coefficient (Wildman–Crippen LogP) is 2.87. The molecule has 0 radical (unpaired) electrons. The van der Waals surface area contributed by atoms with Crippen molar-refractivity contribution in [1.82, 2.24) is 4.98 Å². The Balaban J connectivity index is 2.21. The van der Waals surface area contributed by atoms with Gasteiger partial charge in [0.15, 0.2) is 6.61 Å². The molecule has 0 fully saturated rings. The van der Waals surface area contributed by atoms with Gasteiger partial charge in [0.2, 0.25) is 5.78 Å². The van der Waals surface area contributed by atoms with Crippen molar-refractivity contribution in [3.63, 3.8) is 0 Å². The monoisotopic (exact) mass is 389 g/mol. The highest BCUT2D eigenvalue weighted by Crippen LogP contribution is 2.25. The van der Waals surface area contributed by atoms with Gasteiger partial charge < -0.3 is 23.9 Å². The van der Waals surface area contributed by atoms with E-state index in [-0.39, 0.29) is 23.3 Å². The molecule has 0 bridgehead atoms. The van der Waals surface area contributed by atoms with Crippen LogP contribution in [0.4, 0.5) is 0 Å². The molecule has 1 heterocycles. The van der Waals surface area contributed by atoms with E-state index >= 15 is 0 Å². The molecule has 8 heteroatoms. The molecule has 28 heavy (non-hydrogen) atoms. The Morgan fingerprint density at radius 3 is 2.21 bits per heavy atom. The van der Waals surface area contributed by atoms with Crippen molar-refractivity contribution in [2.75, 3.05) is 27.4 Å². The Morgan fingerprint density at radius 2 is 1.61 bits per heavy atom. The topological polar surface area (TPSA) is 104 Å². The summed E-state index contributed by atoms with van der Waals surface area (Å²) in [6, 6.07) is 4.66. The van der Waals surface area contributed by atoms with Gasteiger partial charge in [-0.1, -0.05) is 0 Å². The van der Waals surface area contributed by atoms with Crippen molar-refractivity contribution >= 4 is 17.7 Å². The van der Waals surface area contributed by atoms with Gasteiger partial charge in [-0.15, -0.1) is 0 Å². The average Bonchev–Trinajstić information content (AvgIpc) is 2.99. The number of benzene rings is 1. The standard InChI is InChI=1S/C20H23NO7/c1-6-27-20(24)18-12(3)21-11(2)17(18)15(22)10-28-19(23)14-9-13(25-4)7-8-16(14)26-5/h7-9,21H,6,10H2,1-5H3. The fourth-order valence-electron chi connectivity index (χ4n) is 2.84. The lowest BCUT2D eigenvalue weighted by molar-refractivity contribution is 0.0468. The SMILES string of the molecule is CCOC(=O)c1c(C)[nH]c(C)c1C(=O)COC(=O)c1cc(OC)ccc1OC. The van der Waals surface area contributed by atoms with E-state index in [1.807, 2.05) is 0 Å². The highest BCUT2D eigenvalue weighted by molar-refractivity contribution is 6.09. The Morgan fingerprint density at radius 1 is 0.929 bits per heavy atom. The molecule has 0 unspecified atom stereocenters. The molecule has 1 aromatic heterocycles. The van der Waals surface area contributed by atoms with Gasteiger partial charge in [-0.3, -0.25) is 4.79 Å². The summed E-state index contributed by atoms with van der Waals surface area (Å²) in [4.78, 5) is 40.2. The number of nitrogens with one attached hydrogen (secondary N) is 1. The normalized spacial score (nSPS) is 10.3. The number of methoxy groups -OCH3 is 2. The number of aromatic amines is 1. The molecule has 2 aromatic rings. The third-order valence-corrected chi connectivity index (χ3v) is 4.09. The number of ketones is 1. The van der Waals surface area contributed by atoms with Gasteiger partial charge in [0, 0.05) is 11.4 Å². The number of rotatable bonds is 8. The Kier molecular flexibility index (Phi) is 6.81. The maximum Gasteiger partial charge on any atom is 0.342 e. The largest absolute Gasteiger partial charge is 0.497 e. The Bertz CT molecular complexity index is 898. The minimum absolute atomic E-state index is 0.127. The lowest BCUT2D eigenvalue weighted by Gasteiger charge is -2.10. The average molecular weight is 389 g/mol. The van der Waals surface area contributed by atoms with E-state index in [1.54, 1.807) is 32.9 Å². The van der Waals surface area contributed by atoms with Crippen LogP contribution >= 0.6 is 0 Å². The minimum atomic E-state index is -0.744. The van der Waals surface area contributed by atoms with Crippen LogP contribution in [0.3, 0.4) is 0 Å². The number of carbonyl (C=O) groups excluding carboxylic acids is 3. The molecule has 1 N–H and O–H groups in total. The predicted molar refractivity (Wildman–Crippen MR) is 100 cm³/mol. The lowest BCUT2D eigenvalue weighted by Crippen LogP contribution is -2.18. The number of hydrogen-bond acceptors (Lipinski definition) is 7. The number of aryl methyl sites for hydroxylation is 2. The Hall–Kier alpha value is -3.29. The number of aromatic nitrogens is 1. The summed E-state index contributed by atoms with van der Waals surface area (Å²) >= 11 is 0. The van der Waals surface area contributed by atoms with Crippen molar-refractivity contribution in [2.24, 2.45) is 0 Å². The van der Waals surface area contributed by atoms with E-state index in [2.05, 4.69) is 4.98 Å². The number of carbonyl (C=O) groups is 3. The number of esters is 2. The molecule has 2 rings (SSSR count). The highest BCUT2D eigenvalue weighted by atomic mass is 16.5. The van der Waals surface area contributed by atoms with Crippen molar-refractivity contribution < 1.29 is 33.3 Å². The van der Waals surface area contributed by atoms with Crippen LogP contribution in [-0.2, 0) is 9.47 Å². The van der Waals surface area contributed by atoms with Crippen LogP contribution in [0.2, 0.25) is 0 Å². The van der Waals surface area contributed by atoms with Crippen molar-refractivity contribution in [3.05, 3.63) is 46.3 Å². The zero-order valence-electron chi connectivity index (χ0n) is 16.5. The number of H-pyrrole nitrogens is 1. The molecular formula is C20H23NO7. The molecule has 0 aliphatic carbocycles.